The first kappa shape index (κ1) is 25.9. The van der Waals surface area contributed by atoms with Crippen molar-refractivity contribution in [2.24, 2.45) is 0 Å². The average Bonchev–Trinajstić information content (AvgIpc) is 2.82. The molecule has 0 aliphatic heterocycles. The molecule has 0 heterocycles. The lowest BCUT2D eigenvalue weighted by Crippen LogP contribution is -2.52. The minimum atomic E-state index is -0.521. The van der Waals surface area contributed by atoms with Crippen LogP contribution in [0, 0.1) is 0 Å². The van der Waals surface area contributed by atoms with E-state index in [9.17, 15) is 9.59 Å². The molecule has 1 atom stereocenters. The molecule has 1 N–H and O–H groups in total. The van der Waals surface area contributed by atoms with E-state index in [-0.39, 0.29) is 17.9 Å². The fraction of sp³-hybridized carbons (Fsp3) is 0.462. The molecule has 1 unspecified atom stereocenters. The molecular weight excluding hydrogens is 475 g/mol. The molecule has 0 spiro atoms. The van der Waals surface area contributed by atoms with Crippen LogP contribution in [0.5, 0.6) is 0 Å². The Balaban J connectivity index is 1.70. The van der Waals surface area contributed by atoms with Crippen LogP contribution in [0.25, 0.3) is 0 Å². The smallest absolute Gasteiger partial charge is 0.243 e. The van der Waals surface area contributed by atoms with Crippen molar-refractivity contribution in [2.75, 3.05) is 5.75 Å². The molecule has 0 bridgehead atoms. The van der Waals surface area contributed by atoms with Crippen molar-refractivity contribution in [1.82, 2.24) is 10.2 Å². The molecule has 4 nitrogen and oxygen atoms in total. The van der Waals surface area contributed by atoms with Crippen molar-refractivity contribution in [3.63, 3.8) is 0 Å². The maximum absolute atomic E-state index is 13.4. The predicted octanol–water partition coefficient (Wildman–Crippen LogP) is 6.48. The zero-order valence-electron chi connectivity index (χ0n) is 19.1. The molecule has 1 aliphatic rings. The normalized spacial score (nSPS) is 15.1. The van der Waals surface area contributed by atoms with E-state index in [4.69, 9.17) is 23.2 Å². The number of benzene rings is 2. The Morgan fingerprint density at radius 1 is 1.06 bits per heavy atom. The summed E-state index contributed by atoms with van der Waals surface area (Å²) < 4.78 is 0. The SMILES string of the molecule is CCC(C(=O)NC1CCCCC1)N(Cc1ccccc1Cl)C(=O)CSCc1ccc(Cl)cc1. The molecule has 0 radical (unpaired) electrons. The van der Waals surface area contributed by atoms with Gasteiger partial charge in [0.2, 0.25) is 11.8 Å². The highest BCUT2D eigenvalue weighted by Crippen LogP contribution is 2.23. The molecular formula is C26H32Cl2N2O2S. The van der Waals surface area contributed by atoms with Gasteiger partial charge in [0.25, 0.3) is 0 Å². The topological polar surface area (TPSA) is 49.4 Å². The maximum Gasteiger partial charge on any atom is 0.243 e. The Morgan fingerprint density at radius 3 is 2.42 bits per heavy atom. The van der Waals surface area contributed by atoms with E-state index < -0.39 is 6.04 Å². The van der Waals surface area contributed by atoms with E-state index in [2.05, 4.69) is 5.32 Å². The van der Waals surface area contributed by atoms with Crippen LogP contribution in [0.2, 0.25) is 10.0 Å². The highest BCUT2D eigenvalue weighted by atomic mass is 35.5. The van der Waals surface area contributed by atoms with E-state index in [0.29, 0.717) is 34.5 Å². The molecule has 3 rings (SSSR count). The molecule has 0 saturated heterocycles. The summed E-state index contributed by atoms with van der Waals surface area (Å²) in [5, 5.41) is 4.51. The predicted molar refractivity (Wildman–Crippen MR) is 139 cm³/mol. The molecule has 1 fully saturated rings. The van der Waals surface area contributed by atoms with Gasteiger partial charge in [0.1, 0.15) is 6.04 Å². The number of nitrogens with one attached hydrogen (secondary N) is 1. The molecule has 0 aromatic heterocycles. The second-order valence-corrected chi connectivity index (χ2v) is 10.3. The molecule has 2 aromatic carbocycles. The molecule has 178 valence electrons. The largest absolute Gasteiger partial charge is 0.352 e. The highest BCUT2D eigenvalue weighted by molar-refractivity contribution is 7.99. The van der Waals surface area contributed by atoms with Gasteiger partial charge in [-0.2, -0.15) is 0 Å². The summed E-state index contributed by atoms with van der Waals surface area (Å²) in [7, 11) is 0. The summed E-state index contributed by atoms with van der Waals surface area (Å²) >= 11 is 13.9. The number of hydrogen-bond donors (Lipinski definition) is 1. The first-order valence-corrected chi connectivity index (χ1v) is 13.5. The van der Waals surface area contributed by atoms with E-state index in [1.807, 2.05) is 55.5 Å². The maximum atomic E-state index is 13.4. The number of halogens is 2. The van der Waals surface area contributed by atoms with E-state index in [0.717, 1.165) is 36.8 Å². The summed E-state index contributed by atoms with van der Waals surface area (Å²) in [5.74, 6) is 0.876. The first-order chi connectivity index (χ1) is 16.0. The second kappa shape index (κ2) is 13.3. The summed E-state index contributed by atoms with van der Waals surface area (Å²) in [4.78, 5) is 28.3. The van der Waals surface area contributed by atoms with Crippen LogP contribution >= 0.6 is 35.0 Å². The number of rotatable bonds is 10. The third-order valence-corrected chi connectivity index (χ3v) is 7.65. The molecule has 2 aromatic rings. The second-order valence-electron chi connectivity index (χ2n) is 8.50. The first-order valence-electron chi connectivity index (χ1n) is 11.6. The lowest BCUT2D eigenvalue weighted by molar-refractivity contribution is -0.139. The van der Waals surface area contributed by atoms with Crippen molar-refractivity contribution in [2.45, 2.75) is 69.8 Å². The Bertz CT molecular complexity index is 917. The third-order valence-electron chi connectivity index (χ3n) is 6.04. The van der Waals surface area contributed by atoms with Crippen LogP contribution in [0.15, 0.2) is 48.5 Å². The van der Waals surface area contributed by atoms with Crippen molar-refractivity contribution in [3.05, 3.63) is 69.7 Å². The van der Waals surface area contributed by atoms with Crippen molar-refractivity contribution in [1.29, 1.82) is 0 Å². The van der Waals surface area contributed by atoms with Gasteiger partial charge in [-0.1, -0.05) is 79.7 Å². The van der Waals surface area contributed by atoms with Gasteiger partial charge < -0.3 is 10.2 Å². The number of thioether (sulfide) groups is 1. The van der Waals surface area contributed by atoms with Gasteiger partial charge in [-0.05, 0) is 48.6 Å². The Labute approximate surface area is 211 Å². The number of carbonyl (C=O) groups is 2. The van der Waals surface area contributed by atoms with Gasteiger partial charge in [0, 0.05) is 28.4 Å². The van der Waals surface area contributed by atoms with Crippen LogP contribution < -0.4 is 5.32 Å². The quantitative estimate of drug-likeness (QED) is 0.400. The fourth-order valence-electron chi connectivity index (χ4n) is 4.19. The van der Waals surface area contributed by atoms with Crippen LogP contribution in [0.3, 0.4) is 0 Å². The molecule has 1 saturated carbocycles. The monoisotopic (exact) mass is 506 g/mol. The number of amides is 2. The van der Waals surface area contributed by atoms with Crippen molar-refractivity contribution < 1.29 is 9.59 Å². The molecule has 2 amide bonds. The van der Waals surface area contributed by atoms with Gasteiger partial charge in [0.05, 0.1) is 5.75 Å². The Hall–Kier alpha value is -1.69. The fourth-order valence-corrected chi connectivity index (χ4v) is 5.39. The molecule has 33 heavy (non-hydrogen) atoms. The van der Waals surface area contributed by atoms with Crippen molar-refractivity contribution >= 4 is 46.8 Å². The van der Waals surface area contributed by atoms with E-state index in [1.54, 1.807) is 4.90 Å². The lowest BCUT2D eigenvalue weighted by atomic mass is 9.95. The third kappa shape index (κ3) is 7.94. The van der Waals surface area contributed by atoms with Crippen molar-refractivity contribution in [3.8, 4) is 0 Å². The number of nitrogens with zero attached hydrogens (tertiary/aromatic N) is 1. The van der Waals surface area contributed by atoms with Crippen LogP contribution in [0.1, 0.15) is 56.6 Å². The van der Waals surface area contributed by atoms with Crippen LogP contribution in [-0.4, -0.2) is 34.6 Å². The number of carbonyl (C=O) groups excluding carboxylic acids is 2. The minimum absolute atomic E-state index is 0.0560. The van der Waals surface area contributed by atoms with Crippen LogP contribution in [-0.2, 0) is 21.9 Å². The Morgan fingerprint density at radius 2 is 1.76 bits per heavy atom. The van der Waals surface area contributed by atoms with Gasteiger partial charge in [-0.15, -0.1) is 11.8 Å². The summed E-state index contributed by atoms with van der Waals surface area (Å²) in [5.41, 5.74) is 1.95. The summed E-state index contributed by atoms with van der Waals surface area (Å²) in [6, 6.07) is 14.8. The summed E-state index contributed by atoms with van der Waals surface area (Å²) in [6.07, 6.45) is 6.09. The molecule has 7 heteroatoms. The van der Waals surface area contributed by atoms with E-state index in [1.165, 1.54) is 18.2 Å². The standard InChI is InChI=1S/C26H32Cl2N2O2S/c1-2-24(26(32)29-22-9-4-3-5-10-22)30(16-20-8-6-7-11-23(20)28)25(31)18-33-17-19-12-14-21(27)15-13-19/h6-8,11-15,22,24H,2-5,9-10,16-18H2,1H3,(H,29,32). The van der Waals surface area contributed by atoms with Crippen LogP contribution in [0.4, 0.5) is 0 Å². The van der Waals surface area contributed by atoms with Gasteiger partial charge in [-0.25, -0.2) is 0 Å². The average molecular weight is 508 g/mol. The zero-order valence-corrected chi connectivity index (χ0v) is 21.4. The number of hydrogen-bond acceptors (Lipinski definition) is 3. The minimum Gasteiger partial charge on any atom is -0.352 e. The van der Waals surface area contributed by atoms with Gasteiger partial charge in [0.15, 0.2) is 0 Å². The summed E-state index contributed by atoms with van der Waals surface area (Å²) in [6.45, 7) is 2.27. The van der Waals surface area contributed by atoms with Gasteiger partial charge in [-0.3, -0.25) is 9.59 Å². The van der Waals surface area contributed by atoms with Gasteiger partial charge >= 0.3 is 0 Å². The highest BCUT2D eigenvalue weighted by Gasteiger charge is 2.30. The Kier molecular flexibility index (Phi) is 10.4. The lowest BCUT2D eigenvalue weighted by Gasteiger charge is -2.33. The zero-order chi connectivity index (χ0) is 23.6. The van der Waals surface area contributed by atoms with E-state index >= 15 is 0 Å². The molecule has 1 aliphatic carbocycles.